The molecule has 1 rings (SSSR count). The molecule has 3 N–H and O–H groups in total. The molecule has 17 heavy (non-hydrogen) atoms. The Hall–Kier alpha value is -1.75. The second-order valence-corrected chi connectivity index (χ2v) is 3.85. The first kappa shape index (κ1) is 13.3. The van der Waals surface area contributed by atoms with E-state index in [0.29, 0.717) is 6.42 Å². The summed E-state index contributed by atoms with van der Waals surface area (Å²) in [4.78, 5) is 11.1. The average molecular weight is 240 g/mol. The smallest absolute Gasteiger partial charge is 0.308 e. The number of aromatic hydroxyl groups is 2. The second kappa shape index (κ2) is 6.10. The zero-order valence-corrected chi connectivity index (χ0v) is 9.59. The van der Waals surface area contributed by atoms with Crippen LogP contribution in [0.2, 0.25) is 0 Å². The fourth-order valence-electron chi connectivity index (χ4n) is 1.31. The van der Waals surface area contributed by atoms with Crippen LogP contribution in [0.15, 0.2) is 18.2 Å². The van der Waals surface area contributed by atoms with Crippen molar-refractivity contribution in [2.24, 2.45) is 0 Å². The number of hydrogen-bond acceptors (Lipinski definition) is 5. The average Bonchev–Trinajstić information content (AvgIpc) is 2.22. The third-order valence-corrected chi connectivity index (χ3v) is 2.16. The molecule has 0 spiro atoms. The zero-order chi connectivity index (χ0) is 12.8. The topological polar surface area (TPSA) is 87.0 Å². The van der Waals surface area contributed by atoms with E-state index in [0.717, 1.165) is 5.56 Å². The summed E-state index contributed by atoms with van der Waals surface area (Å²) in [5.74, 6) is -0.833. The Morgan fingerprint density at radius 3 is 2.65 bits per heavy atom. The lowest BCUT2D eigenvalue weighted by molar-refractivity contribution is -0.145. The summed E-state index contributed by atoms with van der Waals surface area (Å²) in [5.41, 5.74) is 0.755. The predicted molar refractivity (Wildman–Crippen MR) is 60.7 cm³/mol. The third-order valence-electron chi connectivity index (χ3n) is 2.16. The van der Waals surface area contributed by atoms with E-state index in [1.54, 1.807) is 6.07 Å². The number of aliphatic hydroxyl groups excluding tert-OH is 1. The Bertz CT molecular complexity index is 386. The van der Waals surface area contributed by atoms with Gasteiger partial charge in [-0.25, -0.2) is 0 Å². The van der Waals surface area contributed by atoms with Gasteiger partial charge in [-0.1, -0.05) is 6.07 Å². The quantitative estimate of drug-likeness (QED) is 0.527. The number of phenols is 2. The van der Waals surface area contributed by atoms with Gasteiger partial charge in [0.15, 0.2) is 11.5 Å². The number of carbonyl (C=O) groups excluding carboxylic acids is 1. The monoisotopic (exact) mass is 240 g/mol. The molecule has 0 saturated carbocycles. The van der Waals surface area contributed by atoms with Crippen molar-refractivity contribution in [3.05, 3.63) is 23.8 Å². The summed E-state index contributed by atoms with van der Waals surface area (Å²) < 4.78 is 4.88. The van der Waals surface area contributed by atoms with Crippen molar-refractivity contribution in [3.8, 4) is 11.5 Å². The minimum atomic E-state index is -0.708. The SMILES string of the molecule is CC(O)CC(=O)OCCc1ccc(O)c(O)c1. The van der Waals surface area contributed by atoms with Crippen molar-refractivity contribution in [3.63, 3.8) is 0 Å². The van der Waals surface area contributed by atoms with E-state index in [1.165, 1.54) is 19.1 Å². The highest BCUT2D eigenvalue weighted by Gasteiger charge is 2.07. The molecule has 0 bridgehead atoms. The van der Waals surface area contributed by atoms with Crippen molar-refractivity contribution in [2.75, 3.05) is 6.61 Å². The van der Waals surface area contributed by atoms with Gasteiger partial charge < -0.3 is 20.1 Å². The van der Waals surface area contributed by atoms with Crippen LogP contribution in [0, 0.1) is 0 Å². The number of rotatable bonds is 5. The maximum absolute atomic E-state index is 11.1. The number of esters is 1. The second-order valence-electron chi connectivity index (χ2n) is 3.85. The van der Waals surface area contributed by atoms with Crippen LogP contribution >= 0.6 is 0 Å². The van der Waals surface area contributed by atoms with E-state index in [4.69, 9.17) is 14.9 Å². The van der Waals surface area contributed by atoms with Crippen molar-refractivity contribution in [2.45, 2.75) is 25.9 Å². The van der Waals surface area contributed by atoms with Crippen LogP contribution in [0.4, 0.5) is 0 Å². The number of ether oxygens (including phenoxy) is 1. The minimum absolute atomic E-state index is 0.0270. The molecule has 5 heteroatoms. The van der Waals surface area contributed by atoms with E-state index in [2.05, 4.69) is 0 Å². The van der Waals surface area contributed by atoms with Crippen molar-refractivity contribution < 1.29 is 24.9 Å². The van der Waals surface area contributed by atoms with E-state index in [1.807, 2.05) is 0 Å². The van der Waals surface area contributed by atoms with Crippen LogP contribution in [0.25, 0.3) is 0 Å². The molecule has 0 aliphatic heterocycles. The van der Waals surface area contributed by atoms with Gasteiger partial charge in [-0.3, -0.25) is 4.79 Å². The lowest BCUT2D eigenvalue weighted by Crippen LogP contribution is -2.14. The molecule has 1 unspecified atom stereocenters. The van der Waals surface area contributed by atoms with Gasteiger partial charge in [0.1, 0.15) is 0 Å². The van der Waals surface area contributed by atoms with Gasteiger partial charge in [-0.05, 0) is 24.6 Å². The van der Waals surface area contributed by atoms with Gasteiger partial charge in [0.2, 0.25) is 0 Å². The van der Waals surface area contributed by atoms with Crippen LogP contribution < -0.4 is 0 Å². The van der Waals surface area contributed by atoms with E-state index >= 15 is 0 Å². The molecule has 0 aliphatic rings. The highest BCUT2D eigenvalue weighted by atomic mass is 16.5. The normalized spacial score (nSPS) is 12.1. The molecule has 0 fully saturated rings. The molecule has 0 saturated heterocycles. The fourth-order valence-corrected chi connectivity index (χ4v) is 1.31. The van der Waals surface area contributed by atoms with E-state index < -0.39 is 12.1 Å². The maximum Gasteiger partial charge on any atom is 0.308 e. The van der Waals surface area contributed by atoms with Gasteiger partial charge in [0.25, 0.3) is 0 Å². The van der Waals surface area contributed by atoms with E-state index in [-0.39, 0.29) is 24.5 Å². The molecule has 1 aromatic carbocycles. The highest BCUT2D eigenvalue weighted by Crippen LogP contribution is 2.24. The van der Waals surface area contributed by atoms with Crippen molar-refractivity contribution in [1.82, 2.24) is 0 Å². The molecule has 0 aromatic heterocycles. The molecule has 0 heterocycles. The fraction of sp³-hybridized carbons (Fsp3) is 0.417. The molecule has 1 atom stereocenters. The van der Waals surface area contributed by atoms with Gasteiger partial charge in [0.05, 0.1) is 19.1 Å². The summed E-state index contributed by atoms with van der Waals surface area (Å²) >= 11 is 0. The van der Waals surface area contributed by atoms with Gasteiger partial charge in [0, 0.05) is 6.42 Å². The van der Waals surface area contributed by atoms with Gasteiger partial charge in [-0.2, -0.15) is 0 Å². The lowest BCUT2D eigenvalue weighted by atomic mass is 10.1. The number of phenolic OH excluding ortho intramolecular Hbond substituents is 2. The first-order chi connectivity index (χ1) is 7.99. The van der Waals surface area contributed by atoms with Crippen LogP contribution in [0.1, 0.15) is 18.9 Å². The Labute approximate surface area is 99.3 Å². The Morgan fingerprint density at radius 2 is 2.06 bits per heavy atom. The molecule has 94 valence electrons. The highest BCUT2D eigenvalue weighted by molar-refractivity contribution is 5.69. The number of benzene rings is 1. The van der Waals surface area contributed by atoms with Crippen LogP contribution in [0.5, 0.6) is 11.5 Å². The first-order valence-corrected chi connectivity index (χ1v) is 5.33. The van der Waals surface area contributed by atoms with Gasteiger partial charge >= 0.3 is 5.97 Å². The standard InChI is InChI=1S/C12H16O5/c1-8(13)6-12(16)17-5-4-9-2-3-10(14)11(15)7-9/h2-3,7-8,13-15H,4-6H2,1H3. The Balaban J connectivity index is 2.36. The molecule has 0 aliphatic carbocycles. The zero-order valence-electron chi connectivity index (χ0n) is 9.59. The number of hydrogen-bond donors (Lipinski definition) is 3. The molecule has 5 nitrogen and oxygen atoms in total. The van der Waals surface area contributed by atoms with Crippen molar-refractivity contribution in [1.29, 1.82) is 0 Å². The number of aliphatic hydroxyl groups is 1. The molecular formula is C12H16O5. The summed E-state index contributed by atoms with van der Waals surface area (Å²) in [7, 11) is 0. The van der Waals surface area contributed by atoms with Crippen molar-refractivity contribution >= 4 is 5.97 Å². The van der Waals surface area contributed by atoms with Crippen LogP contribution in [-0.2, 0) is 16.0 Å². The predicted octanol–water partition coefficient (Wildman–Crippen LogP) is 0.954. The number of carbonyl (C=O) groups is 1. The summed E-state index contributed by atoms with van der Waals surface area (Å²) in [6.07, 6.45) is -0.291. The van der Waals surface area contributed by atoms with Crippen LogP contribution in [0.3, 0.4) is 0 Å². The van der Waals surface area contributed by atoms with Crippen LogP contribution in [-0.4, -0.2) is 34.0 Å². The Kier molecular flexibility index (Phi) is 4.78. The summed E-state index contributed by atoms with van der Waals surface area (Å²) in [5, 5.41) is 27.3. The third kappa shape index (κ3) is 4.74. The maximum atomic E-state index is 11.1. The molecule has 0 amide bonds. The largest absolute Gasteiger partial charge is 0.504 e. The summed E-state index contributed by atoms with van der Waals surface area (Å²) in [6, 6.07) is 4.43. The summed E-state index contributed by atoms with van der Waals surface area (Å²) in [6.45, 7) is 1.69. The molecule has 0 radical (unpaired) electrons. The lowest BCUT2D eigenvalue weighted by Gasteiger charge is -2.07. The first-order valence-electron chi connectivity index (χ1n) is 5.33. The van der Waals surface area contributed by atoms with E-state index in [9.17, 15) is 9.90 Å². The van der Waals surface area contributed by atoms with Gasteiger partial charge in [-0.15, -0.1) is 0 Å². The minimum Gasteiger partial charge on any atom is -0.504 e. The molecule has 1 aromatic rings. The molecular weight excluding hydrogens is 224 g/mol. The Morgan fingerprint density at radius 1 is 1.35 bits per heavy atom.